The molecular weight excluding hydrogens is 168 g/mol. The van der Waals surface area contributed by atoms with Crippen molar-refractivity contribution in [3.8, 4) is 11.4 Å². The van der Waals surface area contributed by atoms with Crippen molar-refractivity contribution in [1.82, 2.24) is 19.9 Å². The van der Waals surface area contributed by atoms with Gasteiger partial charge in [0.2, 0.25) is 0 Å². The Bertz CT molecular complexity index is 451. The van der Waals surface area contributed by atoms with Gasteiger partial charge in [0.15, 0.2) is 0 Å². The third kappa shape index (κ3) is 1.58. The lowest BCUT2D eigenvalue weighted by Crippen LogP contribution is -2.09. The van der Waals surface area contributed by atoms with E-state index in [9.17, 15) is 4.79 Å². The summed E-state index contributed by atoms with van der Waals surface area (Å²) in [4.78, 5) is 24.8. The van der Waals surface area contributed by atoms with Gasteiger partial charge in [-0.1, -0.05) is 0 Å². The highest BCUT2D eigenvalue weighted by Crippen LogP contribution is 2.07. The molecule has 0 aliphatic carbocycles. The van der Waals surface area contributed by atoms with E-state index >= 15 is 0 Å². The van der Waals surface area contributed by atoms with Crippen LogP contribution in [0.25, 0.3) is 11.4 Å². The topological polar surface area (TPSA) is 71.5 Å². The van der Waals surface area contributed by atoms with Crippen molar-refractivity contribution in [3.63, 3.8) is 0 Å². The molecule has 64 valence electrons. The fraction of sp³-hybridized carbons (Fsp3) is 0. The molecule has 0 bridgehead atoms. The number of nitrogens with one attached hydrogen (secondary N) is 1. The maximum Gasteiger partial charge on any atom is 0.345 e. The number of nitrogens with zero attached hydrogens (tertiary/aromatic N) is 3. The van der Waals surface area contributed by atoms with Crippen molar-refractivity contribution in [1.29, 1.82) is 0 Å². The Morgan fingerprint density at radius 2 is 2.08 bits per heavy atom. The highest BCUT2D eigenvalue weighted by Gasteiger charge is 1.97. The number of aromatic nitrogens is 4. The molecule has 0 amide bonds. The van der Waals surface area contributed by atoms with Crippen molar-refractivity contribution in [2.45, 2.75) is 0 Å². The Morgan fingerprint density at radius 3 is 2.77 bits per heavy atom. The molecule has 5 heteroatoms. The Hall–Kier alpha value is -2.04. The van der Waals surface area contributed by atoms with Gasteiger partial charge in [-0.15, -0.1) is 0 Å². The van der Waals surface area contributed by atoms with E-state index in [0.717, 1.165) is 0 Å². The molecular formula is C8H6N4O. The molecule has 0 fully saturated rings. The smallest absolute Gasteiger partial charge is 0.304 e. The second-order valence-electron chi connectivity index (χ2n) is 2.38. The van der Waals surface area contributed by atoms with E-state index < -0.39 is 0 Å². The van der Waals surface area contributed by atoms with Crippen molar-refractivity contribution in [2.75, 3.05) is 0 Å². The highest BCUT2D eigenvalue weighted by atomic mass is 16.1. The highest BCUT2D eigenvalue weighted by molar-refractivity contribution is 5.50. The summed E-state index contributed by atoms with van der Waals surface area (Å²) >= 11 is 0. The van der Waals surface area contributed by atoms with Crippen LogP contribution in [0.5, 0.6) is 0 Å². The molecule has 13 heavy (non-hydrogen) atoms. The van der Waals surface area contributed by atoms with Gasteiger partial charge >= 0.3 is 5.69 Å². The molecule has 0 unspecified atom stereocenters. The Balaban J connectivity index is 2.54. The zero-order chi connectivity index (χ0) is 9.10. The predicted octanol–water partition coefficient (Wildman–Crippen LogP) is 0.227. The molecule has 0 aliphatic rings. The molecule has 2 aromatic rings. The zero-order valence-electron chi connectivity index (χ0n) is 6.64. The number of rotatable bonds is 1. The molecule has 0 radical (unpaired) electrons. The van der Waals surface area contributed by atoms with E-state index in [1.165, 1.54) is 6.20 Å². The number of hydrogen-bond donors (Lipinski definition) is 1. The monoisotopic (exact) mass is 174 g/mol. The summed E-state index contributed by atoms with van der Waals surface area (Å²) in [6, 6.07) is 1.67. The second kappa shape index (κ2) is 3.14. The van der Waals surface area contributed by atoms with Crippen LogP contribution in [0.2, 0.25) is 0 Å². The third-order valence-electron chi connectivity index (χ3n) is 1.51. The molecule has 0 saturated heterocycles. The van der Waals surface area contributed by atoms with E-state index in [-0.39, 0.29) is 5.69 Å². The molecule has 0 spiro atoms. The molecule has 0 aliphatic heterocycles. The van der Waals surface area contributed by atoms with Crippen molar-refractivity contribution < 1.29 is 0 Å². The first-order chi connectivity index (χ1) is 6.36. The first kappa shape index (κ1) is 7.60. The van der Waals surface area contributed by atoms with E-state index in [2.05, 4.69) is 19.9 Å². The Morgan fingerprint density at radius 1 is 1.15 bits per heavy atom. The van der Waals surface area contributed by atoms with Crippen LogP contribution in [0.15, 0.2) is 35.6 Å². The van der Waals surface area contributed by atoms with Gasteiger partial charge in [-0.2, -0.15) is 0 Å². The average molecular weight is 174 g/mol. The molecule has 2 aromatic heterocycles. The third-order valence-corrected chi connectivity index (χ3v) is 1.51. The van der Waals surface area contributed by atoms with Gasteiger partial charge in [0.1, 0.15) is 5.69 Å². The molecule has 2 heterocycles. The maximum atomic E-state index is 10.8. The first-order valence-corrected chi connectivity index (χ1v) is 3.68. The van der Waals surface area contributed by atoms with Crippen LogP contribution in [0.4, 0.5) is 0 Å². The molecule has 5 nitrogen and oxygen atoms in total. The summed E-state index contributed by atoms with van der Waals surface area (Å²) in [5.74, 6) is 0. The molecule has 1 N–H and O–H groups in total. The fourth-order valence-corrected chi connectivity index (χ4v) is 0.956. The predicted molar refractivity (Wildman–Crippen MR) is 45.9 cm³/mol. The SMILES string of the molecule is O=c1nccc(-c2cnccn2)[nH]1. The van der Waals surface area contributed by atoms with E-state index in [1.807, 2.05) is 0 Å². The lowest BCUT2D eigenvalue weighted by molar-refractivity contribution is 1.06. The van der Waals surface area contributed by atoms with Crippen LogP contribution in [0, 0.1) is 0 Å². The van der Waals surface area contributed by atoms with Crippen LogP contribution in [-0.2, 0) is 0 Å². The minimum atomic E-state index is -0.386. The van der Waals surface area contributed by atoms with E-state index in [1.54, 1.807) is 24.7 Å². The molecule has 0 atom stereocenters. The average Bonchev–Trinajstić information content (AvgIpc) is 2.19. The Kier molecular flexibility index (Phi) is 1.84. The second-order valence-corrected chi connectivity index (χ2v) is 2.38. The zero-order valence-corrected chi connectivity index (χ0v) is 6.64. The summed E-state index contributed by atoms with van der Waals surface area (Å²) in [5.41, 5.74) is 0.859. The quantitative estimate of drug-likeness (QED) is 0.671. The summed E-state index contributed by atoms with van der Waals surface area (Å²) < 4.78 is 0. The van der Waals surface area contributed by atoms with Gasteiger partial charge in [-0.3, -0.25) is 9.97 Å². The largest absolute Gasteiger partial charge is 0.345 e. The van der Waals surface area contributed by atoms with Gasteiger partial charge in [0.25, 0.3) is 0 Å². The minimum Gasteiger partial charge on any atom is -0.304 e. The minimum absolute atomic E-state index is 0.386. The van der Waals surface area contributed by atoms with Gasteiger partial charge in [0.05, 0.1) is 11.9 Å². The van der Waals surface area contributed by atoms with Crippen molar-refractivity contribution >= 4 is 0 Å². The number of hydrogen-bond acceptors (Lipinski definition) is 4. The summed E-state index contributed by atoms with van der Waals surface area (Å²) in [6.45, 7) is 0. The van der Waals surface area contributed by atoms with E-state index in [4.69, 9.17) is 0 Å². The van der Waals surface area contributed by atoms with Crippen molar-refractivity contribution in [3.05, 3.63) is 41.3 Å². The normalized spacial score (nSPS) is 9.85. The van der Waals surface area contributed by atoms with Gasteiger partial charge in [-0.05, 0) is 6.07 Å². The molecule has 0 saturated carbocycles. The van der Waals surface area contributed by atoms with Gasteiger partial charge in [0, 0.05) is 18.6 Å². The van der Waals surface area contributed by atoms with Gasteiger partial charge < -0.3 is 4.98 Å². The lowest BCUT2D eigenvalue weighted by atomic mass is 10.3. The standard InChI is InChI=1S/C8H6N4O/c13-8-11-2-1-6(12-8)7-5-9-3-4-10-7/h1-5H,(H,11,12,13). The van der Waals surface area contributed by atoms with E-state index in [0.29, 0.717) is 11.4 Å². The summed E-state index contributed by atoms with van der Waals surface area (Å²) in [5, 5.41) is 0. The Labute approximate surface area is 73.5 Å². The number of aromatic amines is 1. The first-order valence-electron chi connectivity index (χ1n) is 3.68. The number of H-pyrrole nitrogens is 1. The molecule has 2 rings (SSSR count). The molecule has 0 aromatic carbocycles. The van der Waals surface area contributed by atoms with Crippen LogP contribution in [-0.4, -0.2) is 19.9 Å². The summed E-state index contributed by atoms with van der Waals surface area (Å²) in [7, 11) is 0. The van der Waals surface area contributed by atoms with Crippen LogP contribution in [0.1, 0.15) is 0 Å². The van der Waals surface area contributed by atoms with Gasteiger partial charge in [-0.25, -0.2) is 9.78 Å². The van der Waals surface area contributed by atoms with Crippen LogP contribution < -0.4 is 5.69 Å². The van der Waals surface area contributed by atoms with Crippen LogP contribution >= 0.6 is 0 Å². The maximum absolute atomic E-state index is 10.8. The van der Waals surface area contributed by atoms with Crippen LogP contribution in [0.3, 0.4) is 0 Å². The van der Waals surface area contributed by atoms with Crippen molar-refractivity contribution in [2.24, 2.45) is 0 Å². The lowest BCUT2D eigenvalue weighted by Gasteiger charge is -1.96. The summed E-state index contributed by atoms with van der Waals surface area (Å²) in [6.07, 6.45) is 6.14. The fourth-order valence-electron chi connectivity index (χ4n) is 0.956.